The highest BCUT2D eigenvalue weighted by atomic mass is 35.5. The number of nitrogens with zero attached hydrogens (tertiary/aromatic N) is 3. The molecule has 0 bridgehead atoms. The number of hydrogen-bond donors (Lipinski definition) is 1. The van der Waals surface area contributed by atoms with Crippen LogP contribution in [0.1, 0.15) is 5.69 Å². The monoisotopic (exact) mass is 402 g/mol. The molecule has 0 fully saturated rings. The van der Waals surface area contributed by atoms with Gasteiger partial charge in [0.05, 0.1) is 16.3 Å². The highest BCUT2D eigenvalue weighted by Crippen LogP contribution is 2.31. The molecule has 2 aromatic heterocycles. The molecule has 0 atom stereocenters. The Morgan fingerprint density at radius 1 is 1.04 bits per heavy atom. The maximum Gasteiger partial charge on any atom is 0.209 e. The molecule has 1 N–H and O–H groups in total. The van der Waals surface area contributed by atoms with E-state index >= 15 is 0 Å². The number of benzene rings is 2. The van der Waals surface area contributed by atoms with Crippen LogP contribution >= 0.6 is 34.7 Å². The van der Waals surface area contributed by atoms with Gasteiger partial charge in [0, 0.05) is 16.7 Å². The van der Waals surface area contributed by atoms with E-state index in [0.29, 0.717) is 27.3 Å². The van der Waals surface area contributed by atoms with Crippen LogP contribution in [0.2, 0.25) is 5.02 Å². The number of hydrogen-bond acceptors (Lipinski definition) is 5. The lowest BCUT2D eigenvalue weighted by molar-refractivity contribution is 0.630. The first-order valence-corrected chi connectivity index (χ1v) is 9.94. The number of rotatable bonds is 5. The minimum atomic E-state index is -0.330. The minimum absolute atomic E-state index is 0.330. The second-order valence-corrected chi connectivity index (χ2v) is 7.57. The fourth-order valence-electron chi connectivity index (χ4n) is 2.35. The summed E-state index contributed by atoms with van der Waals surface area (Å²) in [7, 11) is 0. The lowest BCUT2D eigenvalue weighted by Gasteiger charge is -1.98. The molecule has 0 aliphatic carbocycles. The molecule has 2 aromatic carbocycles. The van der Waals surface area contributed by atoms with Gasteiger partial charge in [0.2, 0.25) is 5.16 Å². The van der Waals surface area contributed by atoms with E-state index in [2.05, 4.69) is 20.2 Å². The number of aromatic amines is 1. The normalized spacial score (nSPS) is 11.0. The van der Waals surface area contributed by atoms with Crippen LogP contribution in [-0.4, -0.2) is 20.2 Å². The van der Waals surface area contributed by atoms with Crippen molar-refractivity contribution in [2.75, 3.05) is 0 Å². The second-order valence-electron chi connectivity index (χ2n) is 5.36. The Morgan fingerprint density at radius 3 is 2.62 bits per heavy atom. The molecule has 8 heteroatoms. The fraction of sp³-hybridized carbons (Fsp3) is 0.0556. The van der Waals surface area contributed by atoms with Crippen molar-refractivity contribution in [3.8, 4) is 22.0 Å². The molecule has 0 aliphatic heterocycles. The summed E-state index contributed by atoms with van der Waals surface area (Å²) in [5.74, 6) is 0.708. The molecule has 0 unspecified atom stereocenters. The van der Waals surface area contributed by atoms with Crippen molar-refractivity contribution in [3.63, 3.8) is 0 Å². The van der Waals surface area contributed by atoms with Crippen molar-refractivity contribution in [1.29, 1.82) is 0 Å². The van der Waals surface area contributed by atoms with Crippen molar-refractivity contribution in [2.24, 2.45) is 0 Å². The van der Waals surface area contributed by atoms with Gasteiger partial charge in [0.25, 0.3) is 0 Å². The number of thioether (sulfide) groups is 1. The molecular formula is C18H12ClFN4S2. The van der Waals surface area contributed by atoms with Gasteiger partial charge in [0.1, 0.15) is 10.8 Å². The van der Waals surface area contributed by atoms with Crippen LogP contribution in [0.3, 0.4) is 0 Å². The smallest absolute Gasteiger partial charge is 0.209 e. The van der Waals surface area contributed by atoms with Crippen LogP contribution < -0.4 is 0 Å². The molecule has 4 nitrogen and oxygen atoms in total. The van der Waals surface area contributed by atoms with Crippen LogP contribution in [0.5, 0.6) is 0 Å². The standard InChI is InChI=1S/C18H12ClFN4S2/c19-14-7-3-1-5-12(14)17-21-11(9-25-17)10-26-18-22-16(23-24-18)13-6-2-4-8-15(13)20/h1-9H,10H2,(H,22,23,24). The molecule has 130 valence electrons. The fourth-order valence-corrected chi connectivity index (χ4v) is 4.29. The van der Waals surface area contributed by atoms with Crippen molar-refractivity contribution in [1.82, 2.24) is 20.2 Å². The number of nitrogens with one attached hydrogen (secondary N) is 1. The molecule has 0 saturated carbocycles. The SMILES string of the molecule is Fc1ccccc1-c1nc(SCc2csc(-c3ccccc3Cl)n2)n[nH]1. The third-order valence-corrected chi connectivity index (χ3v) is 5.73. The molecule has 0 aliphatic rings. The van der Waals surface area contributed by atoms with E-state index in [-0.39, 0.29) is 5.82 Å². The largest absolute Gasteiger partial charge is 0.258 e. The molecule has 0 saturated heterocycles. The van der Waals surface area contributed by atoms with Crippen LogP contribution in [0, 0.1) is 5.82 Å². The Bertz CT molecular complexity index is 963. The van der Waals surface area contributed by atoms with Gasteiger partial charge in [-0.3, -0.25) is 5.10 Å². The van der Waals surface area contributed by atoms with Crippen LogP contribution in [0.25, 0.3) is 22.0 Å². The van der Waals surface area contributed by atoms with E-state index in [1.165, 1.54) is 17.8 Å². The lowest BCUT2D eigenvalue weighted by Crippen LogP contribution is -1.86. The van der Waals surface area contributed by atoms with Gasteiger partial charge in [-0.05, 0) is 18.2 Å². The summed E-state index contributed by atoms with van der Waals surface area (Å²) in [6, 6.07) is 14.1. The average molecular weight is 403 g/mol. The van der Waals surface area contributed by atoms with Gasteiger partial charge in [-0.1, -0.05) is 53.7 Å². The van der Waals surface area contributed by atoms with E-state index in [4.69, 9.17) is 11.6 Å². The van der Waals surface area contributed by atoms with E-state index in [1.54, 1.807) is 29.5 Å². The molecule has 26 heavy (non-hydrogen) atoms. The maximum atomic E-state index is 13.8. The van der Waals surface area contributed by atoms with Crippen molar-refractivity contribution < 1.29 is 4.39 Å². The van der Waals surface area contributed by atoms with Gasteiger partial charge >= 0.3 is 0 Å². The zero-order valence-electron chi connectivity index (χ0n) is 13.3. The zero-order chi connectivity index (χ0) is 17.9. The summed E-state index contributed by atoms with van der Waals surface area (Å²) in [4.78, 5) is 8.97. The molecule has 0 radical (unpaired) electrons. The van der Waals surface area contributed by atoms with E-state index in [9.17, 15) is 4.39 Å². The molecule has 2 heterocycles. The molecule has 4 aromatic rings. The second kappa shape index (κ2) is 7.57. The van der Waals surface area contributed by atoms with Gasteiger partial charge in [0.15, 0.2) is 5.82 Å². The Balaban J connectivity index is 1.46. The average Bonchev–Trinajstić information content (AvgIpc) is 3.30. The third kappa shape index (κ3) is 3.65. The Kier molecular flexibility index (Phi) is 5.01. The highest BCUT2D eigenvalue weighted by molar-refractivity contribution is 7.98. The number of H-pyrrole nitrogens is 1. The quantitative estimate of drug-likeness (QED) is 0.436. The minimum Gasteiger partial charge on any atom is -0.258 e. The molecular weight excluding hydrogens is 391 g/mol. The maximum absolute atomic E-state index is 13.8. The van der Waals surface area contributed by atoms with Gasteiger partial charge in [-0.25, -0.2) is 14.4 Å². The predicted molar refractivity (Wildman–Crippen MR) is 104 cm³/mol. The first kappa shape index (κ1) is 17.2. The molecule has 0 amide bonds. The van der Waals surface area contributed by atoms with Crippen LogP contribution in [0.4, 0.5) is 4.39 Å². The third-order valence-electron chi connectivity index (χ3n) is 3.60. The predicted octanol–water partition coefficient (Wildman–Crippen LogP) is 5.68. The van der Waals surface area contributed by atoms with Crippen LogP contribution in [-0.2, 0) is 5.75 Å². The first-order chi connectivity index (χ1) is 12.7. The van der Waals surface area contributed by atoms with Crippen molar-refractivity contribution in [2.45, 2.75) is 10.9 Å². The van der Waals surface area contributed by atoms with E-state index in [1.807, 2.05) is 29.6 Å². The molecule has 0 spiro atoms. The number of halogens is 2. The summed E-state index contributed by atoms with van der Waals surface area (Å²) in [5.41, 5.74) is 2.25. The summed E-state index contributed by atoms with van der Waals surface area (Å²) in [6.07, 6.45) is 0. The lowest BCUT2D eigenvalue weighted by atomic mass is 10.2. The summed E-state index contributed by atoms with van der Waals surface area (Å²) in [6.45, 7) is 0. The Morgan fingerprint density at radius 2 is 1.81 bits per heavy atom. The van der Waals surface area contributed by atoms with Crippen LogP contribution in [0.15, 0.2) is 59.1 Å². The van der Waals surface area contributed by atoms with Gasteiger partial charge in [-0.15, -0.1) is 16.4 Å². The first-order valence-electron chi connectivity index (χ1n) is 7.70. The van der Waals surface area contributed by atoms with Crippen molar-refractivity contribution >= 4 is 34.7 Å². The Hall–Kier alpha value is -2.22. The summed E-state index contributed by atoms with van der Waals surface area (Å²) in [5, 5.41) is 11.0. The number of thiazole rings is 1. The number of aromatic nitrogens is 4. The summed E-state index contributed by atoms with van der Waals surface area (Å²) < 4.78 is 13.8. The van der Waals surface area contributed by atoms with Crippen molar-refractivity contribution in [3.05, 3.63) is 70.4 Å². The Labute approximate surface area is 162 Å². The van der Waals surface area contributed by atoms with Gasteiger partial charge in [-0.2, -0.15) is 0 Å². The summed E-state index contributed by atoms with van der Waals surface area (Å²) >= 11 is 9.21. The zero-order valence-corrected chi connectivity index (χ0v) is 15.7. The van der Waals surface area contributed by atoms with Gasteiger partial charge < -0.3 is 0 Å². The molecule has 4 rings (SSSR count). The van der Waals surface area contributed by atoms with E-state index < -0.39 is 0 Å². The van der Waals surface area contributed by atoms with E-state index in [0.717, 1.165) is 16.3 Å². The topological polar surface area (TPSA) is 54.5 Å². The highest BCUT2D eigenvalue weighted by Gasteiger charge is 2.12.